The number of anilines is 1. The zero-order valence-electron chi connectivity index (χ0n) is 8.34. The molecule has 6 heteroatoms. The van der Waals surface area contributed by atoms with E-state index in [1.54, 1.807) is 13.0 Å². The fourth-order valence-electron chi connectivity index (χ4n) is 1.50. The Morgan fingerprint density at radius 3 is 2.93 bits per heavy atom. The zero-order valence-corrected chi connectivity index (χ0v) is 8.34. The molecule has 0 unspecified atom stereocenters. The minimum Gasteiger partial charge on any atom is -0.359 e. The quantitative estimate of drug-likeness (QED) is 0.538. The third-order valence-electron chi connectivity index (χ3n) is 2.32. The van der Waals surface area contributed by atoms with Gasteiger partial charge in [-0.05, 0) is 13.0 Å². The first-order valence-corrected chi connectivity index (χ1v) is 4.63. The van der Waals surface area contributed by atoms with Gasteiger partial charge in [-0.2, -0.15) is 0 Å². The van der Waals surface area contributed by atoms with Gasteiger partial charge in [-0.15, -0.1) is 0 Å². The Kier molecular flexibility index (Phi) is 2.51. The minimum atomic E-state index is -0.424. The van der Waals surface area contributed by atoms with Crippen LogP contribution < -0.4 is 4.90 Å². The maximum absolute atomic E-state index is 10.6. The van der Waals surface area contributed by atoms with Gasteiger partial charge in [0.15, 0.2) is 0 Å². The number of aryl methyl sites for hydroxylation is 1. The molecule has 2 heterocycles. The molecule has 1 saturated heterocycles. The highest BCUT2D eigenvalue weighted by Gasteiger charge is 2.17. The first kappa shape index (κ1) is 9.85. The number of hydrogen-bond donors (Lipinski definition) is 0. The van der Waals surface area contributed by atoms with Crippen molar-refractivity contribution in [3.05, 3.63) is 27.9 Å². The predicted octanol–water partition coefficient (Wildman–Crippen LogP) is 1.09. The Morgan fingerprint density at radius 1 is 1.60 bits per heavy atom. The average molecular weight is 209 g/mol. The summed E-state index contributed by atoms with van der Waals surface area (Å²) in [7, 11) is 0. The fraction of sp³-hybridized carbons (Fsp3) is 0.444. The number of nitro groups is 1. The molecule has 1 aliphatic rings. The van der Waals surface area contributed by atoms with Gasteiger partial charge in [0.05, 0.1) is 11.5 Å². The standard InChI is InChI=1S/C9H11N3O3/c1-7-8(12(13)14)2-3-9(10-7)11-4-5-15-6-11/h2-3H,4-6H2,1H3. The van der Waals surface area contributed by atoms with E-state index in [1.807, 2.05) is 4.90 Å². The molecule has 2 rings (SSSR count). The number of hydrogen-bond acceptors (Lipinski definition) is 5. The van der Waals surface area contributed by atoms with Crippen LogP contribution in [0.5, 0.6) is 0 Å². The van der Waals surface area contributed by atoms with Crippen LogP contribution in [0, 0.1) is 17.0 Å². The molecular formula is C9H11N3O3. The third kappa shape index (κ3) is 1.89. The molecule has 0 atom stereocenters. The van der Waals surface area contributed by atoms with Crippen LogP contribution in [0.3, 0.4) is 0 Å². The molecule has 0 bridgehead atoms. The molecule has 15 heavy (non-hydrogen) atoms. The van der Waals surface area contributed by atoms with E-state index in [0.717, 1.165) is 12.4 Å². The Hall–Kier alpha value is -1.69. The molecule has 0 aromatic carbocycles. The zero-order chi connectivity index (χ0) is 10.8. The van der Waals surface area contributed by atoms with Crippen molar-refractivity contribution in [3.8, 4) is 0 Å². The highest BCUT2D eigenvalue weighted by Crippen LogP contribution is 2.21. The third-order valence-corrected chi connectivity index (χ3v) is 2.32. The lowest BCUT2D eigenvalue weighted by atomic mass is 10.3. The minimum absolute atomic E-state index is 0.0545. The summed E-state index contributed by atoms with van der Waals surface area (Å²) < 4.78 is 5.18. The molecule has 0 saturated carbocycles. The van der Waals surface area contributed by atoms with Gasteiger partial charge in [0, 0.05) is 12.6 Å². The van der Waals surface area contributed by atoms with Crippen molar-refractivity contribution in [1.82, 2.24) is 4.98 Å². The van der Waals surface area contributed by atoms with Crippen molar-refractivity contribution >= 4 is 11.5 Å². The largest absolute Gasteiger partial charge is 0.359 e. The van der Waals surface area contributed by atoms with Crippen LogP contribution in [0.15, 0.2) is 12.1 Å². The Bertz CT molecular complexity index is 388. The van der Waals surface area contributed by atoms with E-state index in [4.69, 9.17) is 4.74 Å². The molecule has 80 valence electrons. The number of aromatic nitrogens is 1. The number of rotatable bonds is 2. The second-order valence-corrected chi connectivity index (χ2v) is 3.33. The van der Waals surface area contributed by atoms with Crippen LogP contribution in [0.1, 0.15) is 5.69 Å². The van der Waals surface area contributed by atoms with Crippen molar-refractivity contribution in [3.63, 3.8) is 0 Å². The van der Waals surface area contributed by atoms with E-state index in [-0.39, 0.29) is 5.69 Å². The van der Waals surface area contributed by atoms with E-state index in [9.17, 15) is 10.1 Å². The Labute approximate surface area is 86.6 Å². The van der Waals surface area contributed by atoms with Crippen molar-refractivity contribution in [2.75, 3.05) is 24.8 Å². The molecule has 1 aromatic rings. The van der Waals surface area contributed by atoms with Crippen molar-refractivity contribution in [1.29, 1.82) is 0 Å². The summed E-state index contributed by atoms with van der Waals surface area (Å²) >= 11 is 0. The van der Waals surface area contributed by atoms with Gasteiger partial charge in [-0.25, -0.2) is 4.98 Å². The lowest BCUT2D eigenvalue weighted by Crippen LogP contribution is -2.20. The SMILES string of the molecule is Cc1nc(N2CCOC2)ccc1[N+](=O)[O-]. The summed E-state index contributed by atoms with van der Waals surface area (Å²) in [5.41, 5.74) is 0.489. The van der Waals surface area contributed by atoms with E-state index in [2.05, 4.69) is 4.98 Å². The molecule has 1 aliphatic heterocycles. The summed E-state index contributed by atoms with van der Waals surface area (Å²) in [6.45, 7) is 3.60. The first-order chi connectivity index (χ1) is 7.18. The maximum atomic E-state index is 10.6. The molecule has 0 N–H and O–H groups in total. The molecular weight excluding hydrogens is 198 g/mol. The second kappa shape index (κ2) is 3.82. The molecule has 0 amide bonds. The maximum Gasteiger partial charge on any atom is 0.290 e. The smallest absolute Gasteiger partial charge is 0.290 e. The summed E-state index contributed by atoms with van der Waals surface area (Å²) in [6, 6.07) is 3.13. The molecule has 6 nitrogen and oxygen atoms in total. The van der Waals surface area contributed by atoms with E-state index in [0.29, 0.717) is 19.0 Å². The molecule has 1 aromatic heterocycles. The summed E-state index contributed by atoms with van der Waals surface area (Å²) in [5, 5.41) is 10.6. The van der Waals surface area contributed by atoms with Gasteiger partial charge < -0.3 is 9.64 Å². The monoisotopic (exact) mass is 209 g/mol. The lowest BCUT2D eigenvalue weighted by Gasteiger charge is -2.14. The average Bonchev–Trinajstić information content (AvgIpc) is 2.69. The lowest BCUT2D eigenvalue weighted by molar-refractivity contribution is -0.385. The summed E-state index contributed by atoms with van der Waals surface area (Å²) in [6.07, 6.45) is 0. The van der Waals surface area contributed by atoms with Gasteiger partial charge in [0.1, 0.15) is 18.2 Å². The van der Waals surface area contributed by atoms with Gasteiger partial charge in [-0.1, -0.05) is 0 Å². The van der Waals surface area contributed by atoms with Crippen LogP contribution >= 0.6 is 0 Å². The molecule has 0 spiro atoms. The van der Waals surface area contributed by atoms with Gasteiger partial charge in [0.2, 0.25) is 0 Å². The predicted molar refractivity (Wildman–Crippen MR) is 53.8 cm³/mol. The normalized spacial score (nSPS) is 15.7. The summed E-state index contributed by atoms with van der Waals surface area (Å²) in [4.78, 5) is 16.3. The summed E-state index contributed by atoms with van der Waals surface area (Å²) in [5.74, 6) is 0.732. The number of nitrogens with zero attached hydrogens (tertiary/aromatic N) is 3. The van der Waals surface area contributed by atoms with Crippen LogP contribution in [0.2, 0.25) is 0 Å². The van der Waals surface area contributed by atoms with Gasteiger partial charge in [-0.3, -0.25) is 10.1 Å². The van der Waals surface area contributed by atoms with Gasteiger partial charge >= 0.3 is 0 Å². The topological polar surface area (TPSA) is 68.5 Å². The van der Waals surface area contributed by atoms with Crippen LogP contribution in [-0.2, 0) is 4.74 Å². The highest BCUT2D eigenvalue weighted by atomic mass is 16.6. The van der Waals surface area contributed by atoms with Crippen molar-refractivity contribution < 1.29 is 9.66 Å². The van der Waals surface area contributed by atoms with Crippen LogP contribution in [-0.4, -0.2) is 29.8 Å². The number of ether oxygens (including phenoxy) is 1. The van der Waals surface area contributed by atoms with Crippen LogP contribution in [0.4, 0.5) is 11.5 Å². The Balaban J connectivity index is 2.28. The molecule has 1 fully saturated rings. The first-order valence-electron chi connectivity index (χ1n) is 4.63. The van der Waals surface area contributed by atoms with Gasteiger partial charge in [0.25, 0.3) is 5.69 Å². The second-order valence-electron chi connectivity index (χ2n) is 3.33. The molecule has 0 radical (unpaired) electrons. The van der Waals surface area contributed by atoms with E-state index >= 15 is 0 Å². The van der Waals surface area contributed by atoms with Crippen molar-refractivity contribution in [2.24, 2.45) is 0 Å². The number of pyridine rings is 1. The fourth-order valence-corrected chi connectivity index (χ4v) is 1.50. The Morgan fingerprint density at radius 2 is 2.40 bits per heavy atom. The van der Waals surface area contributed by atoms with E-state index < -0.39 is 4.92 Å². The molecule has 0 aliphatic carbocycles. The van der Waals surface area contributed by atoms with Crippen LogP contribution in [0.25, 0.3) is 0 Å². The highest BCUT2D eigenvalue weighted by molar-refractivity contribution is 5.46. The van der Waals surface area contributed by atoms with E-state index in [1.165, 1.54) is 6.07 Å². The van der Waals surface area contributed by atoms with Crippen molar-refractivity contribution in [2.45, 2.75) is 6.92 Å².